The van der Waals surface area contributed by atoms with E-state index in [4.69, 9.17) is 4.42 Å². The third-order valence-corrected chi connectivity index (χ3v) is 11.2. The zero-order valence-electron chi connectivity index (χ0n) is 30.6. The minimum Gasteiger partial charge on any atom is -0.456 e. The van der Waals surface area contributed by atoms with Crippen molar-refractivity contribution in [3.8, 4) is 61.3 Å². The Morgan fingerprint density at radius 1 is 0.286 bits per heavy atom. The number of fused-ring (bicyclic) bond motifs is 6. The fourth-order valence-corrected chi connectivity index (χ4v) is 8.46. The monoisotopic (exact) mass is 713 g/mol. The zero-order valence-corrected chi connectivity index (χ0v) is 30.6. The average molecular weight is 714 g/mol. The first-order valence-corrected chi connectivity index (χ1v) is 19.2. The van der Waals surface area contributed by atoms with E-state index in [1.165, 1.54) is 77.4 Å². The van der Waals surface area contributed by atoms with Crippen LogP contribution in [0, 0.1) is 0 Å². The van der Waals surface area contributed by atoms with Gasteiger partial charge in [-0.1, -0.05) is 170 Å². The van der Waals surface area contributed by atoms with E-state index in [2.05, 4.69) is 205 Å². The van der Waals surface area contributed by atoms with Crippen LogP contribution in [0.15, 0.2) is 217 Å². The van der Waals surface area contributed by atoms with Crippen LogP contribution in [0.4, 0.5) is 0 Å². The lowest BCUT2D eigenvalue weighted by atomic mass is 9.95. The van der Waals surface area contributed by atoms with E-state index in [9.17, 15) is 0 Å². The van der Waals surface area contributed by atoms with Crippen LogP contribution >= 0.6 is 0 Å². The molecule has 0 atom stereocenters. The quantitative estimate of drug-likeness (QED) is 0.168. The van der Waals surface area contributed by atoms with Gasteiger partial charge in [-0.2, -0.15) is 0 Å². The Bertz CT molecular complexity index is 3110. The molecule has 2 aromatic heterocycles. The predicted molar refractivity (Wildman–Crippen MR) is 235 cm³/mol. The van der Waals surface area contributed by atoms with Crippen molar-refractivity contribution in [3.63, 3.8) is 0 Å². The largest absolute Gasteiger partial charge is 0.456 e. The Balaban J connectivity index is 0.962. The molecule has 0 radical (unpaired) electrons. The maximum atomic E-state index is 6.17. The van der Waals surface area contributed by atoms with Crippen molar-refractivity contribution >= 4 is 43.7 Å². The van der Waals surface area contributed by atoms with Gasteiger partial charge in [0.1, 0.15) is 11.2 Å². The predicted octanol–water partition coefficient (Wildman–Crippen LogP) is 15.0. The first-order chi connectivity index (χ1) is 27.7. The number of hydrogen-bond acceptors (Lipinski definition) is 1. The molecule has 0 fully saturated rings. The number of rotatable bonds is 6. The van der Waals surface area contributed by atoms with Gasteiger partial charge in [0.25, 0.3) is 0 Å². The minimum atomic E-state index is 0.915. The number of furan rings is 1. The zero-order chi connectivity index (χ0) is 37.0. The van der Waals surface area contributed by atoms with Crippen molar-refractivity contribution in [2.75, 3.05) is 0 Å². The highest BCUT2D eigenvalue weighted by Crippen LogP contribution is 2.39. The van der Waals surface area contributed by atoms with Crippen molar-refractivity contribution in [3.05, 3.63) is 212 Å². The molecule has 0 spiro atoms. The molecule has 56 heavy (non-hydrogen) atoms. The van der Waals surface area contributed by atoms with Gasteiger partial charge in [-0.25, -0.2) is 0 Å². The van der Waals surface area contributed by atoms with E-state index < -0.39 is 0 Å². The van der Waals surface area contributed by atoms with Crippen LogP contribution in [0.5, 0.6) is 0 Å². The molecule has 0 saturated heterocycles. The molecule has 0 aliphatic carbocycles. The summed E-state index contributed by atoms with van der Waals surface area (Å²) < 4.78 is 8.60. The average Bonchev–Trinajstić information content (AvgIpc) is 3.82. The van der Waals surface area contributed by atoms with Crippen LogP contribution in [-0.4, -0.2) is 4.57 Å². The van der Waals surface area contributed by atoms with Gasteiger partial charge in [-0.15, -0.1) is 0 Å². The molecular formula is C54H35NO. The van der Waals surface area contributed by atoms with E-state index >= 15 is 0 Å². The number of hydrogen-bond donors (Lipinski definition) is 0. The molecule has 0 aliphatic rings. The van der Waals surface area contributed by atoms with Crippen LogP contribution in [0.3, 0.4) is 0 Å². The van der Waals surface area contributed by atoms with Crippen molar-refractivity contribution < 1.29 is 4.42 Å². The maximum absolute atomic E-state index is 6.17. The Kier molecular flexibility index (Phi) is 7.53. The van der Waals surface area contributed by atoms with Crippen LogP contribution in [0.2, 0.25) is 0 Å². The molecular weight excluding hydrogens is 679 g/mol. The lowest BCUT2D eigenvalue weighted by Crippen LogP contribution is -1.94. The van der Waals surface area contributed by atoms with Gasteiger partial charge in [-0.3, -0.25) is 0 Å². The molecule has 0 amide bonds. The molecule has 0 aliphatic heterocycles. The third-order valence-electron chi connectivity index (χ3n) is 11.2. The normalized spacial score (nSPS) is 11.6. The molecule has 2 heterocycles. The van der Waals surface area contributed by atoms with Crippen LogP contribution in [0.25, 0.3) is 105 Å². The highest BCUT2D eigenvalue weighted by atomic mass is 16.3. The Hall–Kier alpha value is -7.42. The molecule has 262 valence electrons. The summed E-state index contributed by atoms with van der Waals surface area (Å²) in [6, 6.07) is 76.5. The fourth-order valence-electron chi connectivity index (χ4n) is 8.46. The summed E-state index contributed by atoms with van der Waals surface area (Å²) >= 11 is 0. The maximum Gasteiger partial charge on any atom is 0.136 e. The summed E-state index contributed by atoms with van der Waals surface area (Å²) in [7, 11) is 0. The second-order valence-electron chi connectivity index (χ2n) is 14.5. The molecule has 0 unspecified atom stereocenters. The number of benzene rings is 9. The van der Waals surface area contributed by atoms with E-state index in [0.29, 0.717) is 0 Å². The van der Waals surface area contributed by atoms with Gasteiger partial charge in [0.15, 0.2) is 0 Å². The molecule has 0 bridgehead atoms. The van der Waals surface area contributed by atoms with Gasteiger partial charge in [-0.05, 0) is 98.1 Å². The summed E-state index contributed by atoms with van der Waals surface area (Å²) in [4.78, 5) is 0. The minimum absolute atomic E-state index is 0.915. The first-order valence-electron chi connectivity index (χ1n) is 19.2. The number of aromatic nitrogens is 1. The molecule has 11 rings (SSSR count). The Morgan fingerprint density at radius 3 is 1.36 bits per heavy atom. The SMILES string of the molecule is c1ccc(-c2ccc3c4ccc(-c5ccccc5)cc4n(-c4ccc(-c5cccc(-c6ccc(-c7cccc8oc9ccccc9c78)cc6)c5)cc4)c3c2)cc1. The molecule has 2 heteroatoms. The smallest absolute Gasteiger partial charge is 0.136 e. The van der Waals surface area contributed by atoms with E-state index in [1.54, 1.807) is 0 Å². The number of para-hydroxylation sites is 1. The molecule has 11 aromatic rings. The van der Waals surface area contributed by atoms with Crippen molar-refractivity contribution in [2.24, 2.45) is 0 Å². The second kappa shape index (κ2) is 13.2. The lowest BCUT2D eigenvalue weighted by Gasteiger charge is -2.12. The first kappa shape index (κ1) is 32.0. The summed E-state index contributed by atoms with van der Waals surface area (Å²) in [5.41, 5.74) is 17.3. The highest BCUT2D eigenvalue weighted by Gasteiger charge is 2.16. The third kappa shape index (κ3) is 5.42. The highest BCUT2D eigenvalue weighted by molar-refractivity contribution is 6.13. The van der Waals surface area contributed by atoms with E-state index in [0.717, 1.165) is 27.6 Å². The van der Waals surface area contributed by atoms with Gasteiger partial charge in [0.2, 0.25) is 0 Å². The fraction of sp³-hybridized carbons (Fsp3) is 0. The van der Waals surface area contributed by atoms with Gasteiger partial charge < -0.3 is 8.98 Å². The Labute approximate surface area is 325 Å². The van der Waals surface area contributed by atoms with E-state index in [-0.39, 0.29) is 0 Å². The molecule has 0 N–H and O–H groups in total. The van der Waals surface area contributed by atoms with Crippen molar-refractivity contribution in [1.82, 2.24) is 4.57 Å². The van der Waals surface area contributed by atoms with E-state index in [1.807, 2.05) is 12.1 Å². The van der Waals surface area contributed by atoms with Crippen LogP contribution in [0.1, 0.15) is 0 Å². The summed E-state index contributed by atoms with van der Waals surface area (Å²) in [6.45, 7) is 0. The summed E-state index contributed by atoms with van der Waals surface area (Å²) in [6.07, 6.45) is 0. The second-order valence-corrected chi connectivity index (χ2v) is 14.5. The number of nitrogens with zero attached hydrogens (tertiary/aromatic N) is 1. The lowest BCUT2D eigenvalue weighted by molar-refractivity contribution is 0.669. The molecule has 0 saturated carbocycles. The van der Waals surface area contributed by atoms with Crippen LogP contribution < -0.4 is 0 Å². The van der Waals surface area contributed by atoms with Crippen LogP contribution in [-0.2, 0) is 0 Å². The Morgan fingerprint density at radius 2 is 0.732 bits per heavy atom. The van der Waals surface area contributed by atoms with Gasteiger partial charge in [0.05, 0.1) is 11.0 Å². The summed E-state index contributed by atoms with van der Waals surface area (Å²) in [5.74, 6) is 0. The van der Waals surface area contributed by atoms with Crippen molar-refractivity contribution in [2.45, 2.75) is 0 Å². The van der Waals surface area contributed by atoms with Gasteiger partial charge in [0, 0.05) is 27.2 Å². The molecule has 9 aromatic carbocycles. The van der Waals surface area contributed by atoms with Gasteiger partial charge >= 0.3 is 0 Å². The standard InChI is InChI=1S/C54H35NO/c1-3-11-36(12-4-1)43-27-31-47-48-32-28-44(37-13-5-2-6-14-37)35-51(48)55(50(47)34-43)45-29-25-39(26-30-45)42-16-9-15-41(33-42)38-21-23-40(24-22-38)46-18-10-20-53-54(46)49-17-7-8-19-52(49)56-53/h1-35H. The van der Waals surface area contributed by atoms with Crippen molar-refractivity contribution in [1.29, 1.82) is 0 Å². The molecule has 2 nitrogen and oxygen atoms in total. The topological polar surface area (TPSA) is 18.1 Å². The summed E-state index contributed by atoms with van der Waals surface area (Å²) in [5, 5.41) is 4.80.